The Balaban J connectivity index is 0. The van der Waals surface area contributed by atoms with Gasteiger partial charge < -0.3 is 9.84 Å². The topological polar surface area (TPSA) is 104 Å². The minimum absolute atomic E-state index is 0.140. The molecule has 19 heavy (non-hydrogen) atoms. The first-order chi connectivity index (χ1) is 8.81. The molecule has 0 bridgehead atoms. The Kier molecular flexibility index (Phi) is 15.8. The van der Waals surface area contributed by atoms with Gasteiger partial charge in [0.1, 0.15) is 0 Å². The molecule has 0 aromatic carbocycles. The van der Waals surface area contributed by atoms with Crippen LogP contribution in [0.5, 0.6) is 0 Å². The Morgan fingerprint density at radius 1 is 1.05 bits per heavy atom. The van der Waals surface area contributed by atoms with E-state index in [-0.39, 0.29) is 6.61 Å². The molecule has 1 unspecified atom stereocenters. The van der Waals surface area contributed by atoms with Crippen molar-refractivity contribution in [3.8, 4) is 0 Å². The van der Waals surface area contributed by atoms with Crippen molar-refractivity contribution in [3.05, 3.63) is 0 Å². The zero-order valence-corrected chi connectivity index (χ0v) is 12.7. The largest absolute Gasteiger partial charge is 0.394 e. The molecule has 0 rings (SSSR count). The number of aliphatic hydroxyl groups excluding tert-OH is 1. The zero-order valence-electron chi connectivity index (χ0n) is 11.9. The van der Waals surface area contributed by atoms with E-state index < -0.39 is 10.4 Å². The molecule has 0 amide bonds. The number of hydrogen-bond acceptors (Lipinski definition) is 4. The molecule has 0 saturated heterocycles. The number of unbranched alkanes of at least 4 members (excludes halogenated alkanes) is 5. The lowest BCUT2D eigenvalue weighted by atomic mass is 10.1. The van der Waals surface area contributed by atoms with E-state index in [9.17, 15) is 0 Å². The minimum Gasteiger partial charge on any atom is -0.394 e. The molecule has 7 heteroatoms. The molecule has 0 heterocycles. The molecule has 0 aromatic rings. The van der Waals surface area contributed by atoms with Gasteiger partial charge in [-0.1, -0.05) is 45.4 Å². The maximum absolute atomic E-state index is 8.74. The fourth-order valence-corrected chi connectivity index (χ4v) is 1.55. The summed E-state index contributed by atoms with van der Waals surface area (Å²) in [6.07, 6.45) is 9.46. The number of hydrogen-bond donors (Lipinski definition) is 3. The van der Waals surface area contributed by atoms with Crippen LogP contribution in [0.4, 0.5) is 0 Å². The van der Waals surface area contributed by atoms with Crippen molar-refractivity contribution < 1.29 is 27.4 Å². The number of rotatable bonds is 10. The molecule has 0 aliphatic heterocycles. The highest BCUT2D eigenvalue weighted by molar-refractivity contribution is 7.79. The van der Waals surface area contributed by atoms with Gasteiger partial charge in [-0.05, 0) is 13.3 Å². The van der Waals surface area contributed by atoms with Gasteiger partial charge >= 0.3 is 10.4 Å². The van der Waals surface area contributed by atoms with Crippen LogP contribution in [-0.4, -0.2) is 41.9 Å². The highest BCUT2D eigenvalue weighted by Gasteiger charge is 2.00. The van der Waals surface area contributed by atoms with E-state index in [0.29, 0.717) is 12.7 Å². The van der Waals surface area contributed by atoms with Crippen LogP contribution in [0.3, 0.4) is 0 Å². The van der Waals surface area contributed by atoms with Crippen molar-refractivity contribution in [2.24, 2.45) is 0 Å². The van der Waals surface area contributed by atoms with Gasteiger partial charge in [0.05, 0.1) is 19.3 Å². The quantitative estimate of drug-likeness (QED) is 0.423. The Morgan fingerprint density at radius 2 is 1.53 bits per heavy atom. The fraction of sp³-hybridized carbons (Fsp3) is 1.00. The van der Waals surface area contributed by atoms with E-state index in [0.717, 1.165) is 6.42 Å². The van der Waals surface area contributed by atoms with Gasteiger partial charge in [0.25, 0.3) is 0 Å². The summed E-state index contributed by atoms with van der Waals surface area (Å²) < 4.78 is 37.0. The number of ether oxygens (including phenoxy) is 1. The van der Waals surface area contributed by atoms with Gasteiger partial charge in [0.15, 0.2) is 0 Å². The number of aliphatic hydroxyl groups is 1. The van der Waals surface area contributed by atoms with Crippen LogP contribution in [0.2, 0.25) is 0 Å². The normalized spacial score (nSPS) is 12.7. The van der Waals surface area contributed by atoms with Gasteiger partial charge in [-0.3, -0.25) is 9.11 Å². The molecule has 0 aliphatic carbocycles. The molecular weight excluding hydrogens is 272 g/mol. The van der Waals surface area contributed by atoms with E-state index in [1.54, 1.807) is 0 Å². The lowest BCUT2D eigenvalue weighted by molar-refractivity contribution is 0.0333. The van der Waals surface area contributed by atoms with E-state index >= 15 is 0 Å². The van der Waals surface area contributed by atoms with Gasteiger partial charge in [-0.2, -0.15) is 8.42 Å². The Labute approximate surface area is 116 Å². The molecule has 3 N–H and O–H groups in total. The van der Waals surface area contributed by atoms with Crippen molar-refractivity contribution in [2.45, 2.75) is 64.9 Å². The summed E-state index contributed by atoms with van der Waals surface area (Å²) in [4.78, 5) is 0. The van der Waals surface area contributed by atoms with Crippen molar-refractivity contribution in [1.29, 1.82) is 0 Å². The Bertz CT molecular complexity index is 257. The Hall–Kier alpha value is -0.210. The van der Waals surface area contributed by atoms with E-state index in [2.05, 4.69) is 13.8 Å². The third-order valence-electron chi connectivity index (χ3n) is 2.46. The van der Waals surface area contributed by atoms with E-state index in [4.69, 9.17) is 27.4 Å². The summed E-state index contributed by atoms with van der Waals surface area (Å²) in [6, 6.07) is 0. The summed E-state index contributed by atoms with van der Waals surface area (Å²) in [6.45, 7) is 4.95. The van der Waals surface area contributed by atoms with Crippen molar-refractivity contribution in [1.82, 2.24) is 0 Å². The third-order valence-corrected chi connectivity index (χ3v) is 2.46. The van der Waals surface area contributed by atoms with Crippen LogP contribution < -0.4 is 0 Å². The zero-order chi connectivity index (χ0) is 15.1. The molecular formula is C12H28O6S. The monoisotopic (exact) mass is 300 g/mol. The van der Waals surface area contributed by atoms with Crippen molar-refractivity contribution in [2.75, 3.05) is 13.2 Å². The summed E-state index contributed by atoms with van der Waals surface area (Å²) in [7, 11) is -4.67. The van der Waals surface area contributed by atoms with Crippen LogP contribution in [0.15, 0.2) is 0 Å². The second-order valence-electron chi connectivity index (χ2n) is 4.41. The maximum Gasteiger partial charge on any atom is 0.394 e. The van der Waals surface area contributed by atoms with E-state index in [1.165, 1.54) is 38.5 Å². The first-order valence-electron chi connectivity index (χ1n) is 6.73. The molecule has 0 aliphatic rings. The lowest BCUT2D eigenvalue weighted by Crippen LogP contribution is -2.11. The second-order valence-corrected chi connectivity index (χ2v) is 5.30. The van der Waals surface area contributed by atoms with Crippen LogP contribution in [0, 0.1) is 0 Å². The first-order valence-corrected chi connectivity index (χ1v) is 8.13. The molecule has 0 spiro atoms. The molecule has 0 saturated carbocycles. The van der Waals surface area contributed by atoms with Gasteiger partial charge in [0, 0.05) is 0 Å². The van der Waals surface area contributed by atoms with E-state index in [1.807, 2.05) is 0 Å². The maximum atomic E-state index is 8.74. The average Bonchev–Trinajstić information content (AvgIpc) is 2.29. The van der Waals surface area contributed by atoms with Crippen LogP contribution >= 0.6 is 0 Å². The average molecular weight is 300 g/mol. The fourth-order valence-electron chi connectivity index (χ4n) is 1.55. The smallest absolute Gasteiger partial charge is 0.394 e. The predicted molar refractivity (Wildman–Crippen MR) is 74.7 cm³/mol. The summed E-state index contributed by atoms with van der Waals surface area (Å²) in [5.74, 6) is 0. The molecule has 0 radical (unpaired) electrons. The highest BCUT2D eigenvalue weighted by atomic mass is 32.3. The van der Waals surface area contributed by atoms with Gasteiger partial charge in [-0.15, -0.1) is 0 Å². The minimum atomic E-state index is -4.67. The van der Waals surface area contributed by atoms with Gasteiger partial charge in [-0.25, -0.2) is 0 Å². The molecule has 1 atom stereocenters. The SMILES string of the molecule is CCCCCCCCC(C)OCCO.O=S(=O)(O)O. The molecule has 0 aromatic heterocycles. The second kappa shape index (κ2) is 14.2. The summed E-state index contributed by atoms with van der Waals surface area (Å²) in [5.41, 5.74) is 0. The van der Waals surface area contributed by atoms with Crippen molar-refractivity contribution in [3.63, 3.8) is 0 Å². The summed E-state index contributed by atoms with van der Waals surface area (Å²) in [5, 5.41) is 8.56. The lowest BCUT2D eigenvalue weighted by Gasteiger charge is -2.11. The van der Waals surface area contributed by atoms with Gasteiger partial charge in [0.2, 0.25) is 0 Å². The highest BCUT2D eigenvalue weighted by Crippen LogP contribution is 2.09. The molecule has 118 valence electrons. The standard InChI is InChI=1S/C12H26O2.H2O4S/c1-3-4-5-6-7-8-9-12(2)14-11-10-13;1-5(2,3)4/h12-13H,3-11H2,1-2H3;(H2,1,2,3,4). The third kappa shape index (κ3) is 31.9. The van der Waals surface area contributed by atoms with Crippen LogP contribution in [0.1, 0.15) is 58.8 Å². The molecule has 0 fully saturated rings. The first kappa shape index (κ1) is 21.1. The predicted octanol–water partition coefficient (Wildman–Crippen LogP) is 2.48. The Morgan fingerprint density at radius 3 is 2.00 bits per heavy atom. The molecule has 6 nitrogen and oxygen atoms in total. The summed E-state index contributed by atoms with van der Waals surface area (Å²) >= 11 is 0. The van der Waals surface area contributed by atoms with Crippen molar-refractivity contribution >= 4 is 10.4 Å². The van der Waals surface area contributed by atoms with Crippen LogP contribution in [0.25, 0.3) is 0 Å². The van der Waals surface area contributed by atoms with Crippen LogP contribution in [-0.2, 0) is 15.1 Å².